The lowest BCUT2D eigenvalue weighted by atomic mass is 10.0. The summed E-state index contributed by atoms with van der Waals surface area (Å²) in [7, 11) is 2.94. The number of benzene rings is 2. The molecule has 2 N–H and O–H groups in total. The maximum atomic E-state index is 12.8. The molecule has 0 aliphatic rings. The van der Waals surface area contributed by atoms with E-state index in [1.165, 1.54) is 18.9 Å². The summed E-state index contributed by atoms with van der Waals surface area (Å²) in [6.45, 7) is 3.91. The van der Waals surface area contributed by atoms with Gasteiger partial charge in [0.25, 0.3) is 0 Å². The van der Waals surface area contributed by atoms with Gasteiger partial charge in [0.1, 0.15) is 41.2 Å². The van der Waals surface area contributed by atoms with E-state index in [0.29, 0.717) is 40.0 Å². The van der Waals surface area contributed by atoms with Crippen LogP contribution < -0.4 is 14.8 Å². The van der Waals surface area contributed by atoms with Gasteiger partial charge in [-0.25, -0.2) is 14.8 Å². The quantitative estimate of drug-likeness (QED) is 0.287. The van der Waals surface area contributed by atoms with E-state index in [4.69, 9.17) is 14.2 Å². The molecule has 4 aromatic rings. The lowest BCUT2D eigenvalue weighted by Crippen LogP contribution is -2.24. The van der Waals surface area contributed by atoms with Crippen molar-refractivity contribution >= 4 is 11.9 Å². The molecule has 2 aromatic carbocycles. The highest BCUT2D eigenvalue weighted by Gasteiger charge is 2.22. The number of anilines is 1. The van der Waals surface area contributed by atoms with Crippen LogP contribution in [-0.2, 0) is 11.3 Å². The van der Waals surface area contributed by atoms with Gasteiger partial charge in [-0.1, -0.05) is 6.07 Å². The van der Waals surface area contributed by atoms with Gasteiger partial charge < -0.3 is 24.6 Å². The normalized spacial score (nSPS) is 11.4. The van der Waals surface area contributed by atoms with Crippen LogP contribution in [-0.4, -0.2) is 57.7 Å². The van der Waals surface area contributed by atoms with Crippen LogP contribution in [0.2, 0.25) is 0 Å². The van der Waals surface area contributed by atoms with Gasteiger partial charge in [0.05, 0.1) is 32.5 Å². The van der Waals surface area contributed by atoms with Gasteiger partial charge in [-0.15, -0.1) is 0 Å². The van der Waals surface area contributed by atoms with E-state index >= 15 is 0 Å². The summed E-state index contributed by atoms with van der Waals surface area (Å²) in [6.07, 6.45) is 2.79. The minimum Gasteiger partial charge on any atom is -0.508 e. The van der Waals surface area contributed by atoms with Gasteiger partial charge in [0.15, 0.2) is 0 Å². The molecule has 11 nitrogen and oxygen atoms in total. The number of nitrogens with one attached hydrogen (secondary N) is 1. The first-order chi connectivity index (χ1) is 18.8. The summed E-state index contributed by atoms with van der Waals surface area (Å²) < 4.78 is 17.7. The van der Waals surface area contributed by atoms with Gasteiger partial charge in [0.2, 0.25) is 5.95 Å². The summed E-state index contributed by atoms with van der Waals surface area (Å²) in [5, 5.41) is 26.9. The van der Waals surface area contributed by atoms with Crippen molar-refractivity contribution in [1.29, 1.82) is 5.26 Å². The molecule has 0 saturated carbocycles. The number of aromatic nitrogens is 4. The number of ether oxygens (including phenoxy) is 3. The van der Waals surface area contributed by atoms with Gasteiger partial charge in [-0.05, 0) is 55.8 Å². The summed E-state index contributed by atoms with van der Waals surface area (Å²) in [4.78, 5) is 21.7. The van der Waals surface area contributed by atoms with E-state index in [9.17, 15) is 15.2 Å². The molecule has 4 rings (SSSR count). The molecule has 11 heteroatoms. The highest BCUT2D eigenvalue weighted by atomic mass is 16.5. The zero-order valence-corrected chi connectivity index (χ0v) is 22.0. The number of methoxy groups -OCH3 is 2. The Bertz CT molecular complexity index is 1480. The van der Waals surface area contributed by atoms with Crippen LogP contribution in [0.25, 0.3) is 22.5 Å². The summed E-state index contributed by atoms with van der Waals surface area (Å²) in [6, 6.07) is 14.0. The minimum absolute atomic E-state index is 0.0564. The molecule has 0 saturated heterocycles. The molecule has 0 bridgehead atoms. The Morgan fingerprint density at radius 2 is 1.92 bits per heavy atom. The number of nitrogens with zero attached hydrogens (tertiary/aromatic N) is 5. The zero-order chi connectivity index (χ0) is 27.9. The molecule has 2 aromatic heterocycles. The maximum absolute atomic E-state index is 12.8. The van der Waals surface area contributed by atoms with Crippen molar-refractivity contribution in [3.63, 3.8) is 0 Å². The van der Waals surface area contributed by atoms with Crippen LogP contribution in [0, 0.1) is 18.3 Å². The van der Waals surface area contributed by atoms with E-state index in [1.807, 2.05) is 13.0 Å². The lowest BCUT2D eigenvalue weighted by Gasteiger charge is -2.17. The smallest absolute Gasteiger partial charge is 0.346 e. The Hall–Kier alpha value is -5.11. The number of phenols is 1. The van der Waals surface area contributed by atoms with Gasteiger partial charge in [-0.3, -0.25) is 4.68 Å². The van der Waals surface area contributed by atoms with Crippen LogP contribution in [0.3, 0.4) is 0 Å². The molecule has 39 heavy (non-hydrogen) atoms. The molecule has 0 radical (unpaired) electrons. The third kappa shape index (κ3) is 6.24. The fourth-order valence-corrected chi connectivity index (χ4v) is 4.04. The Kier molecular flexibility index (Phi) is 8.26. The average Bonchev–Trinajstić information content (AvgIpc) is 3.35. The number of hydrogen-bond donors (Lipinski definition) is 2. The van der Waals surface area contributed by atoms with Crippen molar-refractivity contribution in [2.75, 3.05) is 26.1 Å². The Balaban J connectivity index is 1.53. The SMILES string of the molecule is COc1cccc(OC)c1C(=O)O[C@@H](C)CNc1nccc(-c2cn(CC#N)nc2-c2cc(C)cc(O)c2)n1. The third-order valence-corrected chi connectivity index (χ3v) is 5.75. The molecule has 0 aliphatic heterocycles. The fraction of sp³-hybridized carbons (Fsp3) is 0.250. The molecule has 2 heterocycles. The van der Waals surface area contributed by atoms with Crippen molar-refractivity contribution in [3.05, 3.63) is 66.0 Å². The summed E-state index contributed by atoms with van der Waals surface area (Å²) in [5.41, 5.74) is 3.57. The van der Waals surface area contributed by atoms with Crippen LogP contribution >= 0.6 is 0 Å². The summed E-state index contributed by atoms with van der Waals surface area (Å²) in [5.74, 6) is 0.557. The number of phenolic OH excluding ortho intramolecular Hbond substituents is 1. The first kappa shape index (κ1) is 26.9. The van der Waals surface area contributed by atoms with Gasteiger partial charge in [-0.2, -0.15) is 10.4 Å². The number of hydrogen-bond acceptors (Lipinski definition) is 10. The highest BCUT2D eigenvalue weighted by molar-refractivity contribution is 5.95. The Labute approximate surface area is 225 Å². The number of rotatable bonds is 10. The minimum atomic E-state index is -0.579. The van der Waals surface area contributed by atoms with E-state index in [0.717, 1.165) is 5.56 Å². The Morgan fingerprint density at radius 3 is 2.59 bits per heavy atom. The Morgan fingerprint density at radius 1 is 1.18 bits per heavy atom. The molecular formula is C28H28N6O5. The third-order valence-electron chi connectivity index (χ3n) is 5.75. The van der Waals surface area contributed by atoms with Crippen molar-refractivity contribution in [1.82, 2.24) is 19.7 Å². The van der Waals surface area contributed by atoms with Crippen molar-refractivity contribution in [3.8, 4) is 45.8 Å². The van der Waals surface area contributed by atoms with Crippen LogP contribution in [0.4, 0.5) is 5.95 Å². The monoisotopic (exact) mass is 528 g/mol. The van der Waals surface area contributed by atoms with E-state index in [-0.39, 0.29) is 24.4 Å². The number of aryl methyl sites for hydroxylation is 1. The number of esters is 1. The van der Waals surface area contributed by atoms with Crippen molar-refractivity contribution in [2.24, 2.45) is 0 Å². The first-order valence-corrected chi connectivity index (χ1v) is 12.1. The summed E-state index contributed by atoms with van der Waals surface area (Å²) >= 11 is 0. The van der Waals surface area contributed by atoms with Gasteiger partial charge >= 0.3 is 5.97 Å². The number of carbonyl (C=O) groups excluding carboxylic acids is 1. The zero-order valence-electron chi connectivity index (χ0n) is 22.0. The second-order valence-corrected chi connectivity index (χ2v) is 8.70. The predicted molar refractivity (Wildman–Crippen MR) is 144 cm³/mol. The molecular weight excluding hydrogens is 500 g/mol. The van der Waals surface area contributed by atoms with Gasteiger partial charge in [0, 0.05) is 23.5 Å². The molecule has 1 atom stereocenters. The number of aromatic hydroxyl groups is 1. The maximum Gasteiger partial charge on any atom is 0.346 e. The molecule has 200 valence electrons. The van der Waals surface area contributed by atoms with Crippen LogP contribution in [0.15, 0.2) is 54.9 Å². The van der Waals surface area contributed by atoms with Crippen molar-refractivity contribution < 1.29 is 24.1 Å². The topological polar surface area (TPSA) is 144 Å². The standard InChI is InChI=1S/C28H28N6O5/c1-17-12-19(14-20(35)13-17)26-21(16-34(33-26)11-9-29)22-8-10-30-28(32-22)31-15-18(2)39-27(36)25-23(37-3)6-5-7-24(25)38-4/h5-8,10,12-14,16,18,35H,11,15H2,1-4H3,(H,30,31,32)/t18-/m0/s1. The highest BCUT2D eigenvalue weighted by Crippen LogP contribution is 2.33. The molecule has 0 fully saturated rings. The van der Waals surface area contributed by atoms with Crippen LogP contribution in [0.5, 0.6) is 17.2 Å². The predicted octanol–water partition coefficient (Wildman–Crippen LogP) is 4.22. The molecule has 0 aliphatic carbocycles. The lowest BCUT2D eigenvalue weighted by molar-refractivity contribution is 0.0359. The van der Waals surface area contributed by atoms with Crippen molar-refractivity contribution in [2.45, 2.75) is 26.5 Å². The molecule has 0 unspecified atom stereocenters. The van der Waals surface area contributed by atoms with E-state index in [2.05, 4.69) is 26.5 Å². The van der Waals surface area contributed by atoms with E-state index in [1.54, 1.807) is 55.7 Å². The first-order valence-electron chi connectivity index (χ1n) is 12.1. The molecule has 0 amide bonds. The fourth-order valence-electron chi connectivity index (χ4n) is 4.04. The number of nitriles is 1. The second kappa shape index (κ2) is 12.0. The largest absolute Gasteiger partial charge is 0.508 e. The molecule has 0 spiro atoms. The van der Waals surface area contributed by atoms with E-state index < -0.39 is 12.1 Å². The average molecular weight is 529 g/mol. The van der Waals surface area contributed by atoms with Crippen LogP contribution in [0.1, 0.15) is 22.8 Å². The number of carbonyl (C=O) groups is 1. The second-order valence-electron chi connectivity index (χ2n) is 8.70.